The van der Waals surface area contributed by atoms with Crippen molar-refractivity contribution in [2.75, 3.05) is 6.61 Å². The monoisotopic (exact) mass is 176 g/mol. The second-order valence-electron chi connectivity index (χ2n) is 4.23. The quantitative estimate of drug-likeness (QED) is 0.316. The molecule has 0 aliphatic carbocycles. The summed E-state index contributed by atoms with van der Waals surface area (Å²) >= 11 is 0. The van der Waals surface area contributed by atoms with Crippen LogP contribution in [0.4, 0.5) is 0 Å². The van der Waals surface area contributed by atoms with Crippen molar-refractivity contribution in [1.29, 1.82) is 0 Å². The van der Waals surface area contributed by atoms with Gasteiger partial charge >= 0.3 is 18.9 Å². The van der Waals surface area contributed by atoms with Gasteiger partial charge < -0.3 is 16.8 Å². The van der Waals surface area contributed by atoms with Gasteiger partial charge in [-0.05, 0) is 18.1 Å². The summed E-state index contributed by atoms with van der Waals surface area (Å²) in [6.45, 7) is 11.2. The summed E-state index contributed by atoms with van der Waals surface area (Å²) in [5, 5.41) is 0.240. The van der Waals surface area contributed by atoms with E-state index in [1.807, 2.05) is 0 Å². The first kappa shape index (κ1) is 14.8. The molecule has 3 heteroatoms. The molecule has 0 saturated carbocycles. The molecular formula is C9H17LiOSi. The van der Waals surface area contributed by atoms with Crippen LogP contribution < -0.4 is 18.9 Å². The normalized spacial score (nSPS) is 11.7. The third kappa shape index (κ3) is 4.38. The Morgan fingerprint density at radius 1 is 1.33 bits per heavy atom. The van der Waals surface area contributed by atoms with E-state index < -0.39 is 8.32 Å². The van der Waals surface area contributed by atoms with E-state index in [-0.39, 0.29) is 23.9 Å². The van der Waals surface area contributed by atoms with E-state index in [0.29, 0.717) is 6.61 Å². The maximum atomic E-state index is 6.73. The summed E-state index contributed by atoms with van der Waals surface area (Å²) in [4.78, 5) is 0. The fourth-order valence-corrected chi connectivity index (χ4v) is 1.30. The van der Waals surface area contributed by atoms with E-state index in [2.05, 4.69) is 39.8 Å². The second-order valence-corrected chi connectivity index (χ2v) is 9.04. The van der Waals surface area contributed by atoms with Gasteiger partial charge in [-0.1, -0.05) is 20.8 Å². The summed E-state index contributed by atoms with van der Waals surface area (Å²) in [5.74, 6) is 2.26. The Morgan fingerprint density at radius 2 is 1.75 bits per heavy atom. The van der Waals surface area contributed by atoms with Crippen molar-refractivity contribution >= 4 is 8.32 Å². The minimum atomic E-state index is -1.61. The van der Waals surface area contributed by atoms with E-state index in [1.165, 1.54) is 0 Å². The molecule has 0 spiro atoms. The third-order valence-electron chi connectivity index (χ3n) is 2.31. The van der Waals surface area contributed by atoms with Crippen LogP contribution in [-0.2, 0) is 4.43 Å². The van der Waals surface area contributed by atoms with Crippen LogP contribution in [0, 0.1) is 12.3 Å². The Labute approximate surface area is 89.6 Å². The Bertz CT molecular complexity index is 164. The summed E-state index contributed by atoms with van der Waals surface area (Å²) in [5.41, 5.74) is 0. The molecule has 1 nitrogen and oxygen atoms in total. The van der Waals surface area contributed by atoms with Crippen molar-refractivity contribution in [1.82, 2.24) is 0 Å². The number of hydrogen-bond donors (Lipinski definition) is 0. The molecule has 0 atom stereocenters. The fourth-order valence-electron chi connectivity index (χ4n) is 0.433. The van der Waals surface area contributed by atoms with Crippen molar-refractivity contribution in [2.24, 2.45) is 0 Å². The number of rotatable bonds is 2. The van der Waals surface area contributed by atoms with Crippen molar-refractivity contribution in [3.05, 3.63) is 6.42 Å². The first-order valence-corrected chi connectivity index (χ1v) is 6.75. The van der Waals surface area contributed by atoms with Gasteiger partial charge in [0.05, 0.1) is 6.61 Å². The topological polar surface area (TPSA) is 9.23 Å². The SMILES string of the molecule is [C-]#CCO[Si](C)(C)C(C)(C)C.[Li+]. The van der Waals surface area contributed by atoms with Gasteiger partial charge in [-0.15, -0.1) is 0 Å². The molecule has 0 aliphatic rings. The van der Waals surface area contributed by atoms with Crippen LogP contribution in [0.1, 0.15) is 20.8 Å². The van der Waals surface area contributed by atoms with Gasteiger partial charge in [-0.3, -0.25) is 0 Å². The predicted octanol–water partition coefficient (Wildman–Crippen LogP) is -0.398. The Balaban J connectivity index is 0. The van der Waals surface area contributed by atoms with Crippen LogP contribution in [0.15, 0.2) is 0 Å². The standard InChI is InChI=1S/C9H17OSi.Li/c1-7-8-10-11(5,6)9(2,3)4;/h8H2,2-6H3;/q-1;+1. The molecule has 0 aliphatic heterocycles. The molecule has 0 unspecified atom stereocenters. The predicted molar refractivity (Wildman–Crippen MR) is 50.3 cm³/mol. The van der Waals surface area contributed by atoms with Crippen molar-refractivity contribution in [2.45, 2.75) is 38.9 Å². The average molecular weight is 176 g/mol. The zero-order chi connectivity index (χ0) is 9.12. The van der Waals surface area contributed by atoms with Gasteiger partial charge in [0, 0.05) is 0 Å². The molecule has 0 heterocycles. The van der Waals surface area contributed by atoms with Crippen LogP contribution in [-0.4, -0.2) is 14.9 Å². The van der Waals surface area contributed by atoms with Gasteiger partial charge in [0.25, 0.3) is 0 Å². The fraction of sp³-hybridized carbons (Fsp3) is 0.778. The van der Waals surface area contributed by atoms with E-state index in [1.54, 1.807) is 0 Å². The zero-order valence-corrected chi connectivity index (χ0v) is 10.1. The Hall–Kier alpha value is 0.334. The summed E-state index contributed by atoms with van der Waals surface area (Å²) < 4.78 is 5.58. The first-order valence-electron chi connectivity index (χ1n) is 3.85. The minimum Gasteiger partial charge on any atom is -0.691 e. The smallest absolute Gasteiger partial charge is 0.691 e. The van der Waals surface area contributed by atoms with Gasteiger partial charge in [0.2, 0.25) is 0 Å². The minimum absolute atomic E-state index is 0. The Kier molecular flexibility index (Phi) is 6.36. The number of hydrogen-bond acceptors (Lipinski definition) is 1. The summed E-state index contributed by atoms with van der Waals surface area (Å²) in [6.07, 6.45) is 6.73. The molecule has 0 aromatic heterocycles. The van der Waals surface area contributed by atoms with Gasteiger partial charge in [0.15, 0.2) is 8.32 Å². The van der Waals surface area contributed by atoms with Crippen molar-refractivity contribution < 1.29 is 23.3 Å². The maximum absolute atomic E-state index is 6.73. The molecule has 0 amide bonds. The molecule has 0 aromatic rings. The van der Waals surface area contributed by atoms with Gasteiger partial charge in [-0.25, -0.2) is 0 Å². The molecule has 0 saturated heterocycles. The zero-order valence-electron chi connectivity index (χ0n) is 9.12. The maximum Gasteiger partial charge on any atom is 1.00 e. The molecular weight excluding hydrogens is 159 g/mol. The van der Waals surface area contributed by atoms with Crippen LogP contribution in [0.25, 0.3) is 0 Å². The Morgan fingerprint density at radius 3 is 2.00 bits per heavy atom. The molecule has 0 aromatic carbocycles. The van der Waals surface area contributed by atoms with E-state index in [4.69, 9.17) is 10.8 Å². The molecule has 12 heavy (non-hydrogen) atoms. The van der Waals surface area contributed by atoms with Gasteiger partial charge in [-0.2, -0.15) is 0 Å². The molecule has 0 N–H and O–H groups in total. The molecule has 0 fully saturated rings. The van der Waals surface area contributed by atoms with E-state index in [0.717, 1.165) is 0 Å². The van der Waals surface area contributed by atoms with Gasteiger partial charge in [0.1, 0.15) is 0 Å². The second kappa shape index (κ2) is 5.15. The summed E-state index contributed by atoms with van der Waals surface area (Å²) in [7, 11) is -1.61. The van der Waals surface area contributed by atoms with Crippen LogP contribution >= 0.6 is 0 Å². The summed E-state index contributed by atoms with van der Waals surface area (Å²) in [6, 6.07) is 0. The largest absolute Gasteiger partial charge is 1.00 e. The van der Waals surface area contributed by atoms with Crippen molar-refractivity contribution in [3.8, 4) is 5.92 Å². The first-order chi connectivity index (χ1) is 4.81. The van der Waals surface area contributed by atoms with Crippen LogP contribution in [0.3, 0.4) is 0 Å². The molecule has 0 bridgehead atoms. The molecule has 0 radical (unpaired) electrons. The van der Waals surface area contributed by atoms with Crippen LogP contribution in [0.2, 0.25) is 18.1 Å². The average Bonchev–Trinajstić information content (AvgIpc) is 1.81. The molecule has 0 rings (SSSR count). The molecule has 64 valence electrons. The third-order valence-corrected chi connectivity index (χ3v) is 6.79. The van der Waals surface area contributed by atoms with Crippen molar-refractivity contribution in [3.63, 3.8) is 0 Å². The van der Waals surface area contributed by atoms with Crippen LogP contribution in [0.5, 0.6) is 0 Å². The van der Waals surface area contributed by atoms with E-state index >= 15 is 0 Å². The van der Waals surface area contributed by atoms with E-state index in [9.17, 15) is 0 Å².